The molecule has 0 fully saturated rings. The predicted octanol–water partition coefficient (Wildman–Crippen LogP) is 2.06. The summed E-state index contributed by atoms with van der Waals surface area (Å²) in [7, 11) is 3.22. The second-order valence-corrected chi connectivity index (χ2v) is 3.51. The van der Waals surface area contributed by atoms with Gasteiger partial charge in [0, 0.05) is 23.4 Å². The number of aromatic amines is 1. The molecule has 1 heterocycles. The smallest absolute Gasteiger partial charge is 0.247 e. The lowest BCUT2D eigenvalue weighted by atomic mass is 10.1. The third-order valence-corrected chi connectivity index (χ3v) is 2.50. The first-order valence-electron chi connectivity index (χ1n) is 5.15. The Labute approximate surface area is 98.8 Å². The Morgan fingerprint density at radius 1 is 1.06 bits per heavy atom. The molecule has 1 N–H and O–H groups in total. The van der Waals surface area contributed by atoms with E-state index in [2.05, 4.69) is 4.98 Å². The van der Waals surface area contributed by atoms with Crippen molar-refractivity contribution < 1.29 is 9.47 Å². The zero-order valence-corrected chi connectivity index (χ0v) is 9.69. The first-order chi connectivity index (χ1) is 8.24. The van der Waals surface area contributed by atoms with E-state index in [0.717, 1.165) is 22.6 Å². The van der Waals surface area contributed by atoms with Crippen LogP contribution < -0.4 is 15.0 Å². The fourth-order valence-electron chi connectivity index (χ4n) is 1.62. The van der Waals surface area contributed by atoms with Crippen LogP contribution in [0.2, 0.25) is 0 Å². The molecule has 0 unspecified atom stereocenters. The van der Waals surface area contributed by atoms with E-state index in [4.69, 9.17) is 9.47 Å². The Morgan fingerprint density at radius 3 is 2.47 bits per heavy atom. The fraction of sp³-hybridized carbons (Fsp3) is 0.154. The minimum Gasteiger partial charge on any atom is -0.497 e. The largest absolute Gasteiger partial charge is 0.497 e. The number of ether oxygens (including phenoxy) is 2. The zero-order valence-electron chi connectivity index (χ0n) is 9.69. The molecule has 88 valence electrons. The molecule has 0 saturated carbocycles. The SMILES string of the molecule is COc1ccc(OC)c(-c2ccc(=O)[nH]c2)c1. The van der Waals surface area contributed by atoms with E-state index in [0.29, 0.717) is 0 Å². The molecule has 0 atom stereocenters. The lowest BCUT2D eigenvalue weighted by Crippen LogP contribution is -2.01. The number of methoxy groups -OCH3 is 2. The van der Waals surface area contributed by atoms with Crippen molar-refractivity contribution in [3.05, 3.63) is 46.9 Å². The second kappa shape index (κ2) is 4.74. The first-order valence-corrected chi connectivity index (χ1v) is 5.15. The van der Waals surface area contributed by atoms with Gasteiger partial charge in [-0.15, -0.1) is 0 Å². The second-order valence-electron chi connectivity index (χ2n) is 3.51. The van der Waals surface area contributed by atoms with Crippen LogP contribution in [-0.2, 0) is 0 Å². The molecule has 0 bridgehead atoms. The van der Waals surface area contributed by atoms with Gasteiger partial charge in [0.05, 0.1) is 14.2 Å². The topological polar surface area (TPSA) is 51.3 Å². The van der Waals surface area contributed by atoms with Crippen molar-refractivity contribution in [1.82, 2.24) is 4.98 Å². The van der Waals surface area contributed by atoms with Gasteiger partial charge in [0.1, 0.15) is 11.5 Å². The molecule has 0 aliphatic carbocycles. The Kier molecular flexibility index (Phi) is 3.14. The van der Waals surface area contributed by atoms with Crippen molar-refractivity contribution in [2.75, 3.05) is 14.2 Å². The highest BCUT2D eigenvalue weighted by molar-refractivity contribution is 5.71. The van der Waals surface area contributed by atoms with Gasteiger partial charge >= 0.3 is 0 Å². The normalized spacial score (nSPS) is 10.0. The molecule has 17 heavy (non-hydrogen) atoms. The van der Waals surface area contributed by atoms with Gasteiger partial charge in [-0.05, 0) is 24.3 Å². The van der Waals surface area contributed by atoms with Crippen LogP contribution in [0.1, 0.15) is 0 Å². The van der Waals surface area contributed by atoms with Crippen molar-refractivity contribution in [3.63, 3.8) is 0 Å². The monoisotopic (exact) mass is 231 g/mol. The molecule has 2 rings (SSSR count). The number of nitrogens with one attached hydrogen (secondary N) is 1. The lowest BCUT2D eigenvalue weighted by Gasteiger charge is -2.10. The van der Waals surface area contributed by atoms with Crippen LogP contribution in [-0.4, -0.2) is 19.2 Å². The maximum absolute atomic E-state index is 11.0. The third kappa shape index (κ3) is 2.30. The van der Waals surface area contributed by atoms with Crippen LogP contribution in [0.4, 0.5) is 0 Å². The van der Waals surface area contributed by atoms with Crippen LogP contribution in [0.15, 0.2) is 41.3 Å². The first kappa shape index (κ1) is 11.3. The highest BCUT2D eigenvalue weighted by atomic mass is 16.5. The van der Waals surface area contributed by atoms with Crippen molar-refractivity contribution >= 4 is 0 Å². The number of pyridine rings is 1. The van der Waals surface area contributed by atoms with E-state index < -0.39 is 0 Å². The summed E-state index contributed by atoms with van der Waals surface area (Å²) < 4.78 is 10.5. The summed E-state index contributed by atoms with van der Waals surface area (Å²) in [5.74, 6) is 1.48. The standard InChI is InChI=1S/C13H13NO3/c1-16-10-4-5-12(17-2)11(7-10)9-3-6-13(15)14-8-9/h3-8H,1-2H3,(H,14,15). The van der Waals surface area contributed by atoms with Gasteiger partial charge in [-0.25, -0.2) is 0 Å². The number of hydrogen-bond acceptors (Lipinski definition) is 3. The third-order valence-electron chi connectivity index (χ3n) is 2.50. The van der Waals surface area contributed by atoms with Crippen LogP contribution in [0.3, 0.4) is 0 Å². The maximum atomic E-state index is 11.0. The average Bonchev–Trinajstić information content (AvgIpc) is 2.39. The van der Waals surface area contributed by atoms with Crippen LogP contribution in [0.25, 0.3) is 11.1 Å². The molecule has 0 saturated heterocycles. The number of benzene rings is 1. The van der Waals surface area contributed by atoms with Crippen LogP contribution in [0.5, 0.6) is 11.5 Å². The Hall–Kier alpha value is -2.23. The van der Waals surface area contributed by atoms with Gasteiger partial charge in [0.15, 0.2) is 0 Å². The number of rotatable bonds is 3. The summed E-state index contributed by atoms with van der Waals surface area (Å²) in [6.45, 7) is 0. The number of aromatic nitrogens is 1. The average molecular weight is 231 g/mol. The minimum atomic E-state index is -0.129. The van der Waals surface area contributed by atoms with Gasteiger partial charge in [-0.2, -0.15) is 0 Å². The van der Waals surface area contributed by atoms with Gasteiger partial charge in [0.2, 0.25) is 5.56 Å². The van der Waals surface area contributed by atoms with E-state index >= 15 is 0 Å². The molecule has 2 aromatic rings. The molecule has 4 nitrogen and oxygen atoms in total. The molecule has 1 aromatic carbocycles. The van der Waals surface area contributed by atoms with Crippen LogP contribution >= 0.6 is 0 Å². The molecule has 4 heteroatoms. The van der Waals surface area contributed by atoms with E-state index in [-0.39, 0.29) is 5.56 Å². The quantitative estimate of drug-likeness (QED) is 0.879. The Bertz CT molecular complexity index is 555. The highest BCUT2D eigenvalue weighted by Gasteiger charge is 2.07. The summed E-state index contributed by atoms with van der Waals surface area (Å²) in [6.07, 6.45) is 1.65. The van der Waals surface area contributed by atoms with E-state index in [1.165, 1.54) is 6.07 Å². The van der Waals surface area contributed by atoms with Crippen molar-refractivity contribution in [2.45, 2.75) is 0 Å². The van der Waals surface area contributed by atoms with Gasteiger partial charge < -0.3 is 14.5 Å². The number of H-pyrrole nitrogens is 1. The van der Waals surface area contributed by atoms with E-state index in [1.54, 1.807) is 26.5 Å². The van der Waals surface area contributed by atoms with Gasteiger partial charge in [0.25, 0.3) is 0 Å². The molecule has 1 aromatic heterocycles. The molecule has 0 aliphatic heterocycles. The summed E-state index contributed by atoms with van der Waals surface area (Å²) in [5, 5.41) is 0. The molecular weight excluding hydrogens is 218 g/mol. The summed E-state index contributed by atoms with van der Waals surface area (Å²) in [6, 6.07) is 8.75. The van der Waals surface area contributed by atoms with E-state index in [1.807, 2.05) is 18.2 Å². The van der Waals surface area contributed by atoms with Gasteiger partial charge in [-0.3, -0.25) is 4.79 Å². The molecule has 0 radical (unpaired) electrons. The molecule has 0 spiro atoms. The molecule has 0 aliphatic rings. The zero-order chi connectivity index (χ0) is 12.3. The fourth-order valence-corrected chi connectivity index (χ4v) is 1.62. The lowest BCUT2D eigenvalue weighted by molar-refractivity contribution is 0.404. The minimum absolute atomic E-state index is 0.129. The molecule has 0 amide bonds. The maximum Gasteiger partial charge on any atom is 0.247 e. The highest BCUT2D eigenvalue weighted by Crippen LogP contribution is 2.32. The van der Waals surface area contributed by atoms with Crippen LogP contribution in [0, 0.1) is 0 Å². The predicted molar refractivity (Wildman–Crippen MR) is 65.6 cm³/mol. The number of hydrogen-bond donors (Lipinski definition) is 1. The Morgan fingerprint density at radius 2 is 1.88 bits per heavy atom. The summed E-state index contributed by atoms with van der Waals surface area (Å²) in [4.78, 5) is 13.7. The van der Waals surface area contributed by atoms with Gasteiger partial charge in [-0.1, -0.05) is 0 Å². The molecular formula is C13H13NO3. The summed E-state index contributed by atoms with van der Waals surface area (Å²) >= 11 is 0. The van der Waals surface area contributed by atoms with Crippen molar-refractivity contribution in [2.24, 2.45) is 0 Å². The summed E-state index contributed by atoms with van der Waals surface area (Å²) in [5.41, 5.74) is 1.62. The van der Waals surface area contributed by atoms with Crippen molar-refractivity contribution in [1.29, 1.82) is 0 Å². The van der Waals surface area contributed by atoms with Crippen molar-refractivity contribution in [3.8, 4) is 22.6 Å². The Balaban J connectivity index is 2.55. The van der Waals surface area contributed by atoms with E-state index in [9.17, 15) is 4.79 Å².